The van der Waals surface area contributed by atoms with E-state index in [1.165, 1.54) is 5.56 Å². The number of hydrogen-bond donors (Lipinski definition) is 1. The SMILES string of the molecule is CN1CCCN(CCCCNC(=O)c2ccccc2)C(=O)CC1c1ccccc1. The highest BCUT2D eigenvalue weighted by Crippen LogP contribution is 2.25. The monoisotopic (exact) mass is 393 g/mol. The Morgan fingerprint density at radius 1 is 1.00 bits per heavy atom. The molecule has 1 saturated heterocycles. The van der Waals surface area contributed by atoms with Gasteiger partial charge in [-0.15, -0.1) is 0 Å². The highest BCUT2D eigenvalue weighted by Gasteiger charge is 2.26. The Balaban J connectivity index is 1.44. The quantitative estimate of drug-likeness (QED) is 0.733. The molecule has 1 heterocycles. The van der Waals surface area contributed by atoms with Crippen LogP contribution in [-0.2, 0) is 4.79 Å². The molecule has 1 fully saturated rings. The zero-order valence-electron chi connectivity index (χ0n) is 17.2. The first kappa shape index (κ1) is 21.1. The summed E-state index contributed by atoms with van der Waals surface area (Å²) in [7, 11) is 2.11. The third kappa shape index (κ3) is 6.16. The molecule has 2 aromatic carbocycles. The molecule has 154 valence electrons. The Morgan fingerprint density at radius 2 is 1.69 bits per heavy atom. The first-order valence-corrected chi connectivity index (χ1v) is 10.5. The van der Waals surface area contributed by atoms with Crippen LogP contribution in [0.5, 0.6) is 0 Å². The van der Waals surface area contributed by atoms with Crippen molar-refractivity contribution in [1.29, 1.82) is 0 Å². The van der Waals surface area contributed by atoms with Gasteiger partial charge in [-0.2, -0.15) is 0 Å². The molecule has 29 heavy (non-hydrogen) atoms. The van der Waals surface area contributed by atoms with Crippen LogP contribution >= 0.6 is 0 Å². The lowest BCUT2D eigenvalue weighted by Crippen LogP contribution is -2.41. The average molecular weight is 394 g/mol. The van der Waals surface area contributed by atoms with Crippen molar-refractivity contribution in [2.45, 2.75) is 31.7 Å². The predicted molar refractivity (Wildman–Crippen MR) is 116 cm³/mol. The van der Waals surface area contributed by atoms with Crippen molar-refractivity contribution >= 4 is 11.8 Å². The Bertz CT molecular complexity index is 779. The van der Waals surface area contributed by atoms with E-state index < -0.39 is 0 Å². The lowest BCUT2D eigenvalue weighted by molar-refractivity contribution is -0.133. The number of carbonyl (C=O) groups is 2. The largest absolute Gasteiger partial charge is 0.352 e. The number of nitrogens with one attached hydrogen (secondary N) is 1. The van der Waals surface area contributed by atoms with Crippen molar-refractivity contribution in [3.05, 3.63) is 71.8 Å². The maximum atomic E-state index is 12.9. The van der Waals surface area contributed by atoms with Crippen molar-refractivity contribution in [2.24, 2.45) is 0 Å². The summed E-state index contributed by atoms with van der Waals surface area (Å²) in [5, 5.41) is 2.96. The van der Waals surface area contributed by atoms with Crippen LogP contribution in [0.1, 0.15) is 47.6 Å². The van der Waals surface area contributed by atoms with Crippen molar-refractivity contribution in [3.8, 4) is 0 Å². The van der Waals surface area contributed by atoms with E-state index >= 15 is 0 Å². The molecule has 0 aromatic heterocycles. The van der Waals surface area contributed by atoms with Crippen LogP contribution in [0, 0.1) is 0 Å². The molecule has 0 bridgehead atoms. The molecule has 1 N–H and O–H groups in total. The van der Waals surface area contributed by atoms with E-state index in [1.807, 2.05) is 53.4 Å². The minimum atomic E-state index is -0.0401. The number of carbonyl (C=O) groups excluding carboxylic acids is 2. The van der Waals surface area contributed by atoms with E-state index in [2.05, 4.69) is 29.4 Å². The van der Waals surface area contributed by atoms with E-state index in [0.717, 1.165) is 38.9 Å². The third-order valence-corrected chi connectivity index (χ3v) is 5.55. The summed E-state index contributed by atoms with van der Waals surface area (Å²) in [5.74, 6) is 0.181. The first-order chi connectivity index (χ1) is 14.1. The van der Waals surface area contributed by atoms with Crippen LogP contribution in [0.4, 0.5) is 0 Å². The van der Waals surface area contributed by atoms with Crippen LogP contribution in [0.3, 0.4) is 0 Å². The van der Waals surface area contributed by atoms with Crippen LogP contribution < -0.4 is 5.32 Å². The Morgan fingerprint density at radius 3 is 2.41 bits per heavy atom. The molecule has 2 amide bonds. The van der Waals surface area contributed by atoms with Gasteiger partial charge in [0.15, 0.2) is 0 Å². The van der Waals surface area contributed by atoms with Gasteiger partial charge in [0.05, 0.1) is 0 Å². The Labute approximate surface area is 173 Å². The molecule has 0 spiro atoms. The third-order valence-electron chi connectivity index (χ3n) is 5.55. The number of benzene rings is 2. The van der Waals surface area contributed by atoms with Gasteiger partial charge in [-0.05, 0) is 44.0 Å². The van der Waals surface area contributed by atoms with Crippen LogP contribution in [-0.4, -0.2) is 54.8 Å². The molecular formula is C24H31N3O2. The summed E-state index contributed by atoms with van der Waals surface area (Å²) >= 11 is 0. The highest BCUT2D eigenvalue weighted by molar-refractivity contribution is 5.94. The minimum absolute atomic E-state index is 0.0401. The Hall–Kier alpha value is -2.66. The maximum absolute atomic E-state index is 12.9. The van der Waals surface area contributed by atoms with Gasteiger partial charge in [-0.3, -0.25) is 14.5 Å². The fraction of sp³-hybridized carbons (Fsp3) is 0.417. The summed E-state index contributed by atoms with van der Waals surface area (Å²) in [6.45, 7) is 3.17. The van der Waals surface area contributed by atoms with Gasteiger partial charge in [-0.25, -0.2) is 0 Å². The second-order valence-corrected chi connectivity index (χ2v) is 7.67. The van der Waals surface area contributed by atoms with Crippen LogP contribution in [0.25, 0.3) is 0 Å². The van der Waals surface area contributed by atoms with E-state index in [9.17, 15) is 9.59 Å². The molecule has 0 radical (unpaired) electrons. The van der Waals surface area contributed by atoms with Gasteiger partial charge >= 0.3 is 0 Å². The van der Waals surface area contributed by atoms with Crippen molar-refractivity contribution in [2.75, 3.05) is 33.2 Å². The minimum Gasteiger partial charge on any atom is -0.352 e. The van der Waals surface area contributed by atoms with Gasteiger partial charge in [0.25, 0.3) is 5.91 Å². The molecule has 5 heteroatoms. The first-order valence-electron chi connectivity index (χ1n) is 10.5. The molecule has 1 atom stereocenters. The normalized spacial score (nSPS) is 18.2. The molecular weight excluding hydrogens is 362 g/mol. The standard InChI is InChI=1S/C24H31N3O2/c1-26-16-10-18-27(23(28)19-22(26)20-11-4-2-5-12-20)17-9-8-15-25-24(29)21-13-6-3-7-14-21/h2-7,11-14,22H,8-10,15-19H2,1H3,(H,25,29). The van der Waals surface area contributed by atoms with Crippen LogP contribution in [0.2, 0.25) is 0 Å². The highest BCUT2D eigenvalue weighted by atomic mass is 16.2. The number of rotatable bonds is 7. The summed E-state index contributed by atoms with van der Waals surface area (Å²) in [6, 6.07) is 19.7. The molecule has 0 aliphatic carbocycles. The lowest BCUT2D eigenvalue weighted by atomic mass is 10.00. The second-order valence-electron chi connectivity index (χ2n) is 7.67. The average Bonchev–Trinajstić information content (AvgIpc) is 2.75. The van der Waals surface area contributed by atoms with E-state index in [1.54, 1.807) is 0 Å². The summed E-state index contributed by atoms with van der Waals surface area (Å²) in [5.41, 5.74) is 1.89. The van der Waals surface area contributed by atoms with Crippen molar-refractivity contribution in [3.63, 3.8) is 0 Å². The van der Waals surface area contributed by atoms with Crippen molar-refractivity contribution < 1.29 is 9.59 Å². The summed E-state index contributed by atoms with van der Waals surface area (Å²) in [4.78, 5) is 29.2. The fourth-order valence-corrected chi connectivity index (χ4v) is 3.85. The molecule has 1 aliphatic heterocycles. The van der Waals surface area contributed by atoms with E-state index in [4.69, 9.17) is 0 Å². The topological polar surface area (TPSA) is 52.6 Å². The molecule has 0 saturated carbocycles. The molecule has 1 unspecified atom stereocenters. The predicted octanol–water partition coefficient (Wildman–Crippen LogP) is 3.49. The van der Waals surface area contributed by atoms with Gasteiger partial charge < -0.3 is 10.2 Å². The molecule has 1 aliphatic rings. The molecule has 3 rings (SSSR count). The summed E-state index contributed by atoms with van der Waals surface area (Å²) < 4.78 is 0. The molecule has 5 nitrogen and oxygen atoms in total. The van der Waals surface area contributed by atoms with Gasteiger partial charge in [0, 0.05) is 44.2 Å². The smallest absolute Gasteiger partial charge is 0.251 e. The van der Waals surface area contributed by atoms with E-state index in [-0.39, 0.29) is 17.9 Å². The fourth-order valence-electron chi connectivity index (χ4n) is 3.85. The van der Waals surface area contributed by atoms with Gasteiger partial charge in [0.2, 0.25) is 5.91 Å². The lowest BCUT2D eigenvalue weighted by Gasteiger charge is -2.34. The zero-order valence-corrected chi connectivity index (χ0v) is 17.2. The number of hydrogen-bond acceptors (Lipinski definition) is 3. The zero-order chi connectivity index (χ0) is 20.5. The number of nitrogens with zero attached hydrogens (tertiary/aromatic N) is 2. The molecule has 2 aromatic rings. The van der Waals surface area contributed by atoms with Crippen molar-refractivity contribution in [1.82, 2.24) is 15.1 Å². The van der Waals surface area contributed by atoms with Gasteiger partial charge in [0.1, 0.15) is 0 Å². The maximum Gasteiger partial charge on any atom is 0.251 e. The Kier molecular flexibility index (Phi) is 7.82. The van der Waals surface area contributed by atoms with Crippen LogP contribution in [0.15, 0.2) is 60.7 Å². The summed E-state index contributed by atoms with van der Waals surface area (Å²) in [6.07, 6.45) is 3.26. The van der Waals surface area contributed by atoms with Gasteiger partial charge in [-0.1, -0.05) is 48.5 Å². The number of unbranched alkanes of at least 4 members (excludes halogenated alkanes) is 1. The second kappa shape index (κ2) is 10.8. The van der Waals surface area contributed by atoms with E-state index in [0.29, 0.717) is 18.5 Å². The number of amides is 2.